The first-order valence-electron chi connectivity index (χ1n) is 5.14. The highest BCUT2D eigenvalue weighted by Gasteiger charge is 2.07. The molecule has 6 nitrogen and oxygen atoms in total. The number of hydrogen-bond donors (Lipinski definition) is 1. The van der Waals surface area contributed by atoms with Crippen LogP contribution in [-0.4, -0.2) is 49.6 Å². The molecule has 0 spiro atoms. The van der Waals surface area contributed by atoms with Crippen LogP contribution < -0.4 is 4.74 Å². The van der Waals surface area contributed by atoms with Gasteiger partial charge in [-0.05, 0) is 6.07 Å². The Kier molecular flexibility index (Phi) is 5.98. The van der Waals surface area contributed by atoms with Crippen LogP contribution in [0.4, 0.5) is 0 Å². The highest BCUT2D eigenvalue weighted by atomic mass is 16.5. The number of carbonyl (C=O) groups is 1. The Morgan fingerprint density at radius 3 is 2.88 bits per heavy atom. The molecule has 0 atom stereocenters. The molecule has 1 rings (SSSR count). The van der Waals surface area contributed by atoms with Crippen molar-refractivity contribution in [3.05, 3.63) is 23.9 Å². The Bertz CT molecular complexity index is 355. The van der Waals surface area contributed by atoms with Gasteiger partial charge in [-0.3, -0.25) is 0 Å². The van der Waals surface area contributed by atoms with Crippen LogP contribution in [0.25, 0.3) is 0 Å². The van der Waals surface area contributed by atoms with E-state index < -0.39 is 5.97 Å². The number of rotatable bonds is 7. The minimum Gasteiger partial charge on any atom is -0.475 e. The topological polar surface area (TPSA) is 77.9 Å². The monoisotopic (exact) mass is 241 g/mol. The number of ether oxygens (including phenoxy) is 3. The summed E-state index contributed by atoms with van der Waals surface area (Å²) in [6, 6.07) is 4.84. The average Bonchev–Trinajstić information content (AvgIpc) is 2.38. The zero-order chi connectivity index (χ0) is 12.5. The van der Waals surface area contributed by atoms with E-state index in [2.05, 4.69) is 9.72 Å². The summed E-state index contributed by atoms with van der Waals surface area (Å²) in [6.07, 6.45) is 0. The molecular formula is C11H15NO5. The third-order valence-corrected chi connectivity index (χ3v) is 1.83. The number of aromatic nitrogens is 1. The van der Waals surface area contributed by atoms with Crippen LogP contribution in [0.1, 0.15) is 10.5 Å². The number of esters is 1. The molecular weight excluding hydrogens is 226 g/mol. The summed E-state index contributed by atoms with van der Waals surface area (Å²) in [4.78, 5) is 15.1. The second kappa shape index (κ2) is 7.59. The van der Waals surface area contributed by atoms with Crippen LogP contribution in [0, 0.1) is 0 Å². The van der Waals surface area contributed by atoms with Crippen LogP contribution in [-0.2, 0) is 9.47 Å². The molecule has 0 fully saturated rings. The molecule has 0 amide bonds. The fourth-order valence-electron chi connectivity index (χ4n) is 1.09. The van der Waals surface area contributed by atoms with Gasteiger partial charge in [-0.25, -0.2) is 9.78 Å². The molecule has 94 valence electrons. The molecule has 0 saturated heterocycles. The summed E-state index contributed by atoms with van der Waals surface area (Å²) < 4.78 is 14.8. The predicted octanol–water partition coefficient (Wildman–Crippen LogP) is 0.256. The molecule has 0 aliphatic carbocycles. The van der Waals surface area contributed by atoms with Crippen LogP contribution in [0.15, 0.2) is 18.2 Å². The van der Waals surface area contributed by atoms with Crippen molar-refractivity contribution in [2.75, 3.05) is 33.5 Å². The van der Waals surface area contributed by atoms with Gasteiger partial charge in [0.1, 0.15) is 6.61 Å². The van der Waals surface area contributed by atoms with E-state index in [1.807, 2.05) is 0 Å². The number of methoxy groups -OCH3 is 1. The van der Waals surface area contributed by atoms with Gasteiger partial charge >= 0.3 is 5.97 Å². The zero-order valence-electron chi connectivity index (χ0n) is 9.59. The van der Waals surface area contributed by atoms with Crippen LogP contribution in [0.2, 0.25) is 0 Å². The van der Waals surface area contributed by atoms with E-state index in [9.17, 15) is 4.79 Å². The van der Waals surface area contributed by atoms with E-state index >= 15 is 0 Å². The van der Waals surface area contributed by atoms with Crippen molar-refractivity contribution in [3.8, 4) is 5.88 Å². The van der Waals surface area contributed by atoms with Crippen molar-refractivity contribution < 1.29 is 24.1 Å². The summed E-state index contributed by atoms with van der Waals surface area (Å²) in [5, 5.41) is 8.48. The van der Waals surface area contributed by atoms with Crippen molar-refractivity contribution in [1.82, 2.24) is 4.98 Å². The highest BCUT2D eigenvalue weighted by molar-refractivity contribution is 5.87. The standard InChI is InChI=1S/C11H15NO5/c1-15-11(14)9-3-2-4-10(12-9)17-8-7-16-6-5-13/h2-4,13H,5-8H2,1H3. The number of pyridine rings is 1. The van der Waals surface area contributed by atoms with E-state index in [1.165, 1.54) is 7.11 Å². The number of nitrogens with zero attached hydrogens (tertiary/aromatic N) is 1. The molecule has 1 aromatic heterocycles. The molecule has 1 N–H and O–H groups in total. The Balaban J connectivity index is 2.40. The van der Waals surface area contributed by atoms with Gasteiger partial charge in [-0.15, -0.1) is 0 Å². The lowest BCUT2D eigenvalue weighted by Gasteiger charge is -2.06. The molecule has 0 saturated carbocycles. The van der Waals surface area contributed by atoms with Gasteiger partial charge in [0.2, 0.25) is 5.88 Å². The SMILES string of the molecule is COC(=O)c1cccc(OCCOCCO)n1. The van der Waals surface area contributed by atoms with Gasteiger partial charge < -0.3 is 19.3 Å². The lowest BCUT2D eigenvalue weighted by atomic mass is 10.3. The summed E-state index contributed by atoms with van der Waals surface area (Å²) in [7, 11) is 1.29. The second-order valence-corrected chi connectivity index (χ2v) is 3.04. The maximum atomic E-state index is 11.2. The smallest absolute Gasteiger partial charge is 0.356 e. The van der Waals surface area contributed by atoms with E-state index in [-0.39, 0.29) is 18.9 Å². The van der Waals surface area contributed by atoms with Crippen LogP contribution >= 0.6 is 0 Å². The molecule has 1 heterocycles. The van der Waals surface area contributed by atoms with E-state index in [1.54, 1.807) is 18.2 Å². The molecule has 0 radical (unpaired) electrons. The number of aliphatic hydroxyl groups excluding tert-OH is 1. The van der Waals surface area contributed by atoms with Crippen molar-refractivity contribution in [2.24, 2.45) is 0 Å². The third kappa shape index (κ3) is 4.80. The van der Waals surface area contributed by atoms with Crippen LogP contribution in [0.3, 0.4) is 0 Å². The summed E-state index contributed by atoms with van der Waals surface area (Å²) in [6.45, 7) is 0.914. The number of carbonyl (C=O) groups excluding carboxylic acids is 1. The van der Waals surface area contributed by atoms with Gasteiger partial charge in [0, 0.05) is 6.07 Å². The van der Waals surface area contributed by atoms with Gasteiger partial charge in [0.25, 0.3) is 0 Å². The maximum Gasteiger partial charge on any atom is 0.356 e. The zero-order valence-corrected chi connectivity index (χ0v) is 9.59. The summed E-state index contributed by atoms with van der Waals surface area (Å²) in [5.74, 6) is -0.174. The van der Waals surface area contributed by atoms with Gasteiger partial charge in [-0.1, -0.05) is 6.07 Å². The molecule has 0 aromatic carbocycles. The van der Waals surface area contributed by atoms with Gasteiger partial charge in [0.15, 0.2) is 5.69 Å². The highest BCUT2D eigenvalue weighted by Crippen LogP contribution is 2.08. The third-order valence-electron chi connectivity index (χ3n) is 1.83. The van der Waals surface area contributed by atoms with Crippen molar-refractivity contribution in [3.63, 3.8) is 0 Å². The summed E-state index contributed by atoms with van der Waals surface area (Å²) in [5.41, 5.74) is 0.196. The fraction of sp³-hybridized carbons (Fsp3) is 0.455. The first-order chi connectivity index (χ1) is 8.27. The Hall–Kier alpha value is -1.66. The van der Waals surface area contributed by atoms with E-state index in [0.717, 1.165) is 0 Å². The van der Waals surface area contributed by atoms with Gasteiger partial charge in [-0.2, -0.15) is 0 Å². The normalized spacial score (nSPS) is 10.0. The number of hydrogen-bond acceptors (Lipinski definition) is 6. The van der Waals surface area contributed by atoms with Crippen molar-refractivity contribution in [1.29, 1.82) is 0 Å². The average molecular weight is 241 g/mol. The largest absolute Gasteiger partial charge is 0.475 e. The van der Waals surface area contributed by atoms with Gasteiger partial charge in [0.05, 0.1) is 26.9 Å². The lowest BCUT2D eigenvalue weighted by molar-refractivity contribution is 0.0588. The maximum absolute atomic E-state index is 11.2. The second-order valence-electron chi connectivity index (χ2n) is 3.04. The first kappa shape index (κ1) is 13.4. The molecule has 0 bridgehead atoms. The fourth-order valence-corrected chi connectivity index (χ4v) is 1.09. The minimum atomic E-state index is -0.507. The summed E-state index contributed by atoms with van der Waals surface area (Å²) >= 11 is 0. The van der Waals surface area contributed by atoms with Crippen molar-refractivity contribution in [2.45, 2.75) is 0 Å². The molecule has 0 unspecified atom stereocenters. The first-order valence-corrected chi connectivity index (χ1v) is 5.14. The van der Waals surface area contributed by atoms with Crippen molar-refractivity contribution >= 4 is 5.97 Å². The van der Waals surface area contributed by atoms with E-state index in [0.29, 0.717) is 19.1 Å². The molecule has 0 aliphatic rings. The quantitative estimate of drug-likeness (QED) is 0.545. The Morgan fingerprint density at radius 2 is 2.18 bits per heavy atom. The molecule has 0 aliphatic heterocycles. The number of aliphatic hydroxyl groups is 1. The molecule has 17 heavy (non-hydrogen) atoms. The predicted molar refractivity (Wildman–Crippen MR) is 59.0 cm³/mol. The van der Waals surface area contributed by atoms with E-state index in [4.69, 9.17) is 14.6 Å². The Labute approximate surface area is 99.1 Å². The lowest BCUT2D eigenvalue weighted by Crippen LogP contribution is -2.11. The van der Waals surface area contributed by atoms with Crippen LogP contribution in [0.5, 0.6) is 5.88 Å². The molecule has 6 heteroatoms. The minimum absolute atomic E-state index is 0.0178. The molecule has 1 aromatic rings. The Morgan fingerprint density at radius 1 is 1.35 bits per heavy atom.